The van der Waals surface area contributed by atoms with Crippen molar-refractivity contribution < 1.29 is 14.4 Å². The maximum absolute atomic E-state index is 12.2. The number of likely N-dealkylation sites (N-methyl/N-ethyl adjacent to an activating group) is 1. The summed E-state index contributed by atoms with van der Waals surface area (Å²) in [6.45, 7) is 2.26. The van der Waals surface area contributed by atoms with Gasteiger partial charge in [-0.2, -0.15) is 0 Å². The van der Waals surface area contributed by atoms with Crippen LogP contribution in [0.5, 0.6) is 0 Å². The number of hydrogen-bond donors (Lipinski definition) is 1. The SMILES string of the molecule is CN1CCC(N2CCC3CCC(C2)N3C(=O)C(N)=O)C1=O. The fourth-order valence-electron chi connectivity index (χ4n) is 3.99. The van der Waals surface area contributed by atoms with Crippen molar-refractivity contribution in [2.75, 3.05) is 26.7 Å². The summed E-state index contributed by atoms with van der Waals surface area (Å²) in [5, 5.41) is 0. The highest BCUT2D eigenvalue weighted by molar-refractivity contribution is 6.34. The van der Waals surface area contributed by atoms with Crippen molar-refractivity contribution in [3.8, 4) is 0 Å². The van der Waals surface area contributed by atoms with E-state index in [0.717, 1.165) is 38.8 Å². The van der Waals surface area contributed by atoms with Crippen molar-refractivity contribution in [1.82, 2.24) is 14.7 Å². The van der Waals surface area contributed by atoms with Gasteiger partial charge in [-0.15, -0.1) is 0 Å². The van der Waals surface area contributed by atoms with Crippen LogP contribution in [-0.2, 0) is 14.4 Å². The van der Waals surface area contributed by atoms with Crippen molar-refractivity contribution in [2.45, 2.75) is 43.8 Å². The molecule has 3 aliphatic rings. The molecule has 7 nitrogen and oxygen atoms in total. The number of amides is 3. The summed E-state index contributed by atoms with van der Waals surface area (Å²) in [4.78, 5) is 41.0. The van der Waals surface area contributed by atoms with Crippen LogP contribution in [0.25, 0.3) is 0 Å². The molecular weight excluding hydrogens is 272 g/mol. The molecule has 3 unspecified atom stereocenters. The average Bonchev–Trinajstić information content (AvgIpc) is 2.90. The van der Waals surface area contributed by atoms with Gasteiger partial charge in [0.25, 0.3) is 0 Å². The summed E-state index contributed by atoms with van der Waals surface area (Å²) < 4.78 is 0. The zero-order valence-corrected chi connectivity index (χ0v) is 12.3. The van der Waals surface area contributed by atoms with Crippen LogP contribution in [0, 0.1) is 0 Å². The van der Waals surface area contributed by atoms with E-state index in [0.29, 0.717) is 6.54 Å². The molecule has 0 aromatic carbocycles. The van der Waals surface area contributed by atoms with Gasteiger partial charge in [-0.25, -0.2) is 0 Å². The number of rotatable bonds is 1. The molecule has 0 saturated carbocycles. The normalized spacial score (nSPS) is 33.4. The molecule has 3 aliphatic heterocycles. The van der Waals surface area contributed by atoms with E-state index >= 15 is 0 Å². The van der Waals surface area contributed by atoms with Crippen molar-refractivity contribution in [1.29, 1.82) is 0 Å². The number of carbonyl (C=O) groups is 3. The lowest BCUT2D eigenvalue weighted by Gasteiger charge is -2.30. The summed E-state index contributed by atoms with van der Waals surface area (Å²) in [6, 6.07) is 0.0327. The molecule has 3 rings (SSSR count). The Morgan fingerprint density at radius 2 is 1.81 bits per heavy atom. The maximum Gasteiger partial charge on any atom is 0.312 e. The lowest BCUT2D eigenvalue weighted by molar-refractivity contribution is -0.146. The van der Waals surface area contributed by atoms with Gasteiger partial charge in [0.2, 0.25) is 5.91 Å². The third-order valence-corrected chi connectivity index (χ3v) is 5.10. The molecule has 3 amide bonds. The van der Waals surface area contributed by atoms with Gasteiger partial charge >= 0.3 is 11.8 Å². The van der Waals surface area contributed by atoms with E-state index in [1.807, 2.05) is 7.05 Å². The van der Waals surface area contributed by atoms with Gasteiger partial charge in [-0.1, -0.05) is 0 Å². The van der Waals surface area contributed by atoms with Gasteiger partial charge in [-0.05, 0) is 25.7 Å². The van der Waals surface area contributed by atoms with Crippen LogP contribution in [0.2, 0.25) is 0 Å². The van der Waals surface area contributed by atoms with E-state index in [1.54, 1.807) is 9.80 Å². The Balaban J connectivity index is 1.75. The molecule has 2 bridgehead atoms. The number of nitrogens with zero attached hydrogens (tertiary/aromatic N) is 3. The van der Waals surface area contributed by atoms with Gasteiger partial charge in [0.05, 0.1) is 6.04 Å². The monoisotopic (exact) mass is 294 g/mol. The Bertz CT molecular complexity index is 481. The molecular formula is C14H22N4O3. The van der Waals surface area contributed by atoms with Crippen LogP contribution in [0.4, 0.5) is 0 Å². The minimum atomic E-state index is -0.878. The first kappa shape index (κ1) is 14.3. The van der Waals surface area contributed by atoms with Crippen LogP contribution in [0.15, 0.2) is 0 Å². The van der Waals surface area contributed by atoms with E-state index in [4.69, 9.17) is 5.73 Å². The summed E-state index contributed by atoms with van der Waals surface area (Å²) in [5.74, 6) is -1.28. The zero-order chi connectivity index (χ0) is 15.1. The third kappa shape index (κ3) is 2.39. The summed E-state index contributed by atoms with van der Waals surface area (Å²) in [7, 11) is 1.83. The average molecular weight is 294 g/mol. The first-order chi connectivity index (χ1) is 9.99. The minimum Gasteiger partial charge on any atom is -0.361 e. The van der Waals surface area contributed by atoms with Gasteiger partial charge in [0, 0.05) is 38.8 Å². The Kier molecular flexibility index (Phi) is 3.61. The van der Waals surface area contributed by atoms with Crippen LogP contribution in [-0.4, -0.2) is 77.2 Å². The Morgan fingerprint density at radius 3 is 2.43 bits per heavy atom. The highest BCUT2D eigenvalue weighted by atomic mass is 16.2. The zero-order valence-electron chi connectivity index (χ0n) is 12.3. The third-order valence-electron chi connectivity index (χ3n) is 5.10. The molecule has 21 heavy (non-hydrogen) atoms. The summed E-state index contributed by atoms with van der Waals surface area (Å²) in [6.07, 6.45) is 3.46. The lowest BCUT2D eigenvalue weighted by atomic mass is 10.1. The molecule has 0 spiro atoms. The second-order valence-electron chi connectivity index (χ2n) is 6.31. The van der Waals surface area contributed by atoms with Crippen molar-refractivity contribution in [2.24, 2.45) is 5.73 Å². The van der Waals surface area contributed by atoms with E-state index in [2.05, 4.69) is 4.90 Å². The smallest absolute Gasteiger partial charge is 0.312 e. The number of fused-ring (bicyclic) bond motifs is 2. The second kappa shape index (κ2) is 5.29. The van der Waals surface area contributed by atoms with E-state index in [-0.39, 0.29) is 24.0 Å². The van der Waals surface area contributed by atoms with Crippen molar-refractivity contribution >= 4 is 17.7 Å². The summed E-state index contributed by atoms with van der Waals surface area (Å²) >= 11 is 0. The number of primary amides is 1. The van der Waals surface area contributed by atoms with Gasteiger partial charge in [0.15, 0.2) is 0 Å². The largest absolute Gasteiger partial charge is 0.361 e. The van der Waals surface area contributed by atoms with Crippen LogP contribution >= 0.6 is 0 Å². The number of nitrogens with two attached hydrogens (primary N) is 1. The molecule has 7 heteroatoms. The molecule has 3 heterocycles. The second-order valence-corrected chi connectivity index (χ2v) is 6.31. The molecule has 3 fully saturated rings. The van der Waals surface area contributed by atoms with Crippen LogP contribution in [0.3, 0.4) is 0 Å². The standard InChI is InChI=1S/C14H22N4O3/c1-16-6-5-11(13(16)20)17-7-4-9-2-3-10(8-17)18(9)14(21)12(15)19/h9-11H,2-8H2,1H3,(H2,15,19). The first-order valence-corrected chi connectivity index (χ1v) is 7.60. The van der Waals surface area contributed by atoms with Gasteiger partial charge in [0.1, 0.15) is 0 Å². The Labute approximate surface area is 124 Å². The highest BCUT2D eigenvalue weighted by Gasteiger charge is 2.44. The fraction of sp³-hybridized carbons (Fsp3) is 0.786. The predicted molar refractivity (Wildman–Crippen MR) is 75.1 cm³/mol. The molecule has 116 valence electrons. The molecule has 3 saturated heterocycles. The van der Waals surface area contributed by atoms with Crippen LogP contribution in [0.1, 0.15) is 25.7 Å². The lowest BCUT2D eigenvalue weighted by Crippen LogP contribution is -2.49. The predicted octanol–water partition coefficient (Wildman–Crippen LogP) is -1.23. The van der Waals surface area contributed by atoms with Crippen molar-refractivity contribution in [3.05, 3.63) is 0 Å². The molecule has 0 aromatic rings. The number of likely N-dealkylation sites (tertiary alicyclic amines) is 2. The van der Waals surface area contributed by atoms with Gasteiger partial charge in [-0.3, -0.25) is 19.3 Å². The van der Waals surface area contributed by atoms with Crippen LogP contribution < -0.4 is 5.73 Å². The van der Waals surface area contributed by atoms with E-state index < -0.39 is 11.8 Å². The van der Waals surface area contributed by atoms with Crippen molar-refractivity contribution in [3.63, 3.8) is 0 Å². The first-order valence-electron chi connectivity index (χ1n) is 7.60. The topological polar surface area (TPSA) is 86.9 Å². The number of hydrogen-bond acceptors (Lipinski definition) is 4. The molecule has 0 aliphatic carbocycles. The molecule has 0 radical (unpaired) electrons. The Hall–Kier alpha value is -1.63. The molecule has 2 N–H and O–H groups in total. The van der Waals surface area contributed by atoms with E-state index in [9.17, 15) is 14.4 Å². The Morgan fingerprint density at radius 1 is 1.10 bits per heavy atom. The van der Waals surface area contributed by atoms with Gasteiger partial charge < -0.3 is 15.5 Å². The quantitative estimate of drug-likeness (QED) is 0.613. The maximum atomic E-state index is 12.2. The highest BCUT2D eigenvalue weighted by Crippen LogP contribution is 2.32. The fourth-order valence-corrected chi connectivity index (χ4v) is 3.99. The molecule has 3 atom stereocenters. The minimum absolute atomic E-state index is 0.0104. The molecule has 0 aromatic heterocycles. The number of carbonyl (C=O) groups excluding carboxylic acids is 3. The summed E-state index contributed by atoms with van der Waals surface area (Å²) in [5.41, 5.74) is 5.16. The van der Waals surface area contributed by atoms with E-state index in [1.165, 1.54) is 0 Å².